The summed E-state index contributed by atoms with van der Waals surface area (Å²) >= 11 is 18.0. The van der Waals surface area contributed by atoms with Crippen molar-refractivity contribution in [2.75, 3.05) is 13.4 Å². The Labute approximate surface area is 154 Å². The van der Waals surface area contributed by atoms with Crippen LogP contribution in [-0.2, 0) is 14.8 Å². The molecule has 5 nitrogen and oxygen atoms in total. The summed E-state index contributed by atoms with van der Waals surface area (Å²) in [6.45, 7) is 0. The van der Waals surface area contributed by atoms with Crippen molar-refractivity contribution in [1.29, 1.82) is 0 Å². The molecule has 0 bridgehead atoms. The molecule has 9 heteroatoms. The molecule has 0 aliphatic rings. The van der Waals surface area contributed by atoms with Gasteiger partial charge in [-0.1, -0.05) is 34.8 Å². The third kappa shape index (κ3) is 5.01. The van der Waals surface area contributed by atoms with Crippen LogP contribution in [0.15, 0.2) is 40.8 Å². The second kappa shape index (κ2) is 7.61. The summed E-state index contributed by atoms with van der Waals surface area (Å²) in [4.78, 5) is 0. The molecular formula is C15H12Cl3NO4S. The van der Waals surface area contributed by atoms with Gasteiger partial charge in [-0.2, -0.15) is 0 Å². The van der Waals surface area contributed by atoms with E-state index >= 15 is 0 Å². The van der Waals surface area contributed by atoms with Crippen LogP contribution in [0, 0.1) is 0 Å². The van der Waals surface area contributed by atoms with Crippen molar-refractivity contribution >= 4 is 50.7 Å². The molecule has 0 atom stereocenters. The van der Waals surface area contributed by atoms with Crippen LogP contribution in [0.1, 0.15) is 5.56 Å². The predicted molar refractivity (Wildman–Crippen MR) is 96.4 cm³/mol. The SMILES string of the molecule is COC(=NS(C)(=O)=O)c1cc(Oc2ccc(Cl)cc2Cl)ccc1Cl. The van der Waals surface area contributed by atoms with Crippen molar-refractivity contribution in [1.82, 2.24) is 0 Å². The molecule has 2 rings (SSSR count). The second-order valence-corrected chi connectivity index (χ2v) is 7.55. The van der Waals surface area contributed by atoms with Crippen molar-refractivity contribution in [3.05, 3.63) is 57.0 Å². The highest BCUT2D eigenvalue weighted by Gasteiger charge is 2.14. The fourth-order valence-electron chi connectivity index (χ4n) is 1.76. The molecule has 0 fully saturated rings. The minimum absolute atomic E-state index is 0.143. The van der Waals surface area contributed by atoms with Crippen LogP contribution in [0.5, 0.6) is 11.5 Å². The van der Waals surface area contributed by atoms with Gasteiger partial charge in [0.05, 0.1) is 29.0 Å². The maximum Gasteiger partial charge on any atom is 0.253 e. The smallest absolute Gasteiger partial charge is 0.253 e. The Hall–Kier alpha value is -1.47. The molecule has 0 heterocycles. The lowest BCUT2D eigenvalue weighted by atomic mass is 10.2. The first-order valence-electron chi connectivity index (χ1n) is 6.46. The van der Waals surface area contributed by atoms with Crippen molar-refractivity contribution in [3.8, 4) is 11.5 Å². The number of benzene rings is 2. The van der Waals surface area contributed by atoms with Crippen molar-refractivity contribution in [3.63, 3.8) is 0 Å². The van der Waals surface area contributed by atoms with E-state index in [9.17, 15) is 8.42 Å². The molecule has 0 saturated carbocycles. The highest BCUT2D eigenvalue weighted by molar-refractivity contribution is 7.89. The quantitative estimate of drug-likeness (QED) is 0.539. The molecule has 0 radical (unpaired) electrons. The minimum Gasteiger partial charge on any atom is -0.480 e. The van der Waals surface area contributed by atoms with E-state index in [2.05, 4.69) is 4.40 Å². The van der Waals surface area contributed by atoms with Gasteiger partial charge in [0.2, 0.25) is 5.90 Å². The molecule has 0 amide bonds. The number of hydrogen-bond acceptors (Lipinski definition) is 4. The Morgan fingerprint density at radius 3 is 2.33 bits per heavy atom. The van der Waals surface area contributed by atoms with Gasteiger partial charge in [0.15, 0.2) is 0 Å². The molecular weight excluding hydrogens is 397 g/mol. The molecule has 0 unspecified atom stereocenters. The van der Waals surface area contributed by atoms with E-state index < -0.39 is 10.0 Å². The van der Waals surface area contributed by atoms with Crippen LogP contribution in [-0.4, -0.2) is 27.7 Å². The summed E-state index contributed by atoms with van der Waals surface area (Å²) in [5.74, 6) is 0.611. The molecule has 0 N–H and O–H groups in total. The van der Waals surface area contributed by atoms with Gasteiger partial charge in [0, 0.05) is 5.02 Å². The zero-order chi connectivity index (χ0) is 17.9. The fraction of sp³-hybridized carbons (Fsp3) is 0.133. The molecule has 0 aromatic heterocycles. The third-order valence-corrected chi connectivity index (χ3v) is 4.09. The van der Waals surface area contributed by atoms with Gasteiger partial charge >= 0.3 is 0 Å². The summed E-state index contributed by atoms with van der Waals surface area (Å²) in [5, 5.41) is 1.07. The lowest BCUT2D eigenvalue weighted by molar-refractivity contribution is 0.405. The first-order valence-corrected chi connectivity index (χ1v) is 9.44. The number of nitrogens with zero attached hydrogens (tertiary/aromatic N) is 1. The van der Waals surface area contributed by atoms with Crippen LogP contribution in [0.4, 0.5) is 0 Å². The van der Waals surface area contributed by atoms with Crippen LogP contribution < -0.4 is 4.74 Å². The van der Waals surface area contributed by atoms with E-state index in [1.54, 1.807) is 24.3 Å². The molecule has 24 heavy (non-hydrogen) atoms. The van der Waals surface area contributed by atoms with E-state index in [4.69, 9.17) is 44.3 Å². The number of ether oxygens (including phenoxy) is 2. The first-order chi connectivity index (χ1) is 11.2. The number of methoxy groups -OCH3 is 1. The van der Waals surface area contributed by atoms with Crippen LogP contribution >= 0.6 is 34.8 Å². The van der Waals surface area contributed by atoms with Gasteiger partial charge < -0.3 is 9.47 Å². The molecule has 0 saturated heterocycles. The largest absolute Gasteiger partial charge is 0.480 e. The van der Waals surface area contributed by atoms with Crippen LogP contribution in [0.2, 0.25) is 15.1 Å². The highest BCUT2D eigenvalue weighted by atomic mass is 35.5. The maximum absolute atomic E-state index is 11.4. The van der Waals surface area contributed by atoms with Crippen molar-refractivity contribution < 1.29 is 17.9 Å². The van der Waals surface area contributed by atoms with Crippen molar-refractivity contribution in [2.45, 2.75) is 0 Å². The van der Waals surface area contributed by atoms with E-state index in [0.29, 0.717) is 21.5 Å². The maximum atomic E-state index is 11.4. The summed E-state index contributed by atoms with van der Waals surface area (Å²) < 4.78 is 37.0. The van der Waals surface area contributed by atoms with E-state index in [0.717, 1.165) is 6.26 Å². The normalized spacial score (nSPS) is 12.1. The molecule has 2 aromatic carbocycles. The fourth-order valence-corrected chi connectivity index (χ4v) is 2.88. The van der Waals surface area contributed by atoms with Gasteiger partial charge in [-0.3, -0.25) is 0 Å². The Morgan fingerprint density at radius 2 is 1.75 bits per heavy atom. The van der Waals surface area contributed by atoms with Gasteiger partial charge in [0.1, 0.15) is 11.5 Å². The van der Waals surface area contributed by atoms with E-state index in [1.807, 2.05) is 0 Å². The second-order valence-electron chi connectivity index (χ2n) is 4.65. The standard InChI is InChI=1S/C15H12Cl3NO4S/c1-22-15(19-24(2,20)21)11-8-10(4-5-12(11)17)23-14-6-3-9(16)7-13(14)18/h3-8H,1-2H3. The lowest BCUT2D eigenvalue weighted by Crippen LogP contribution is -2.08. The molecule has 0 aliphatic carbocycles. The average Bonchev–Trinajstić information content (AvgIpc) is 2.48. The monoisotopic (exact) mass is 407 g/mol. The Morgan fingerprint density at radius 1 is 1.04 bits per heavy atom. The van der Waals surface area contributed by atoms with E-state index in [-0.39, 0.29) is 16.5 Å². The zero-order valence-corrected chi connectivity index (χ0v) is 15.7. The lowest BCUT2D eigenvalue weighted by Gasteiger charge is -2.11. The van der Waals surface area contributed by atoms with Gasteiger partial charge in [0.25, 0.3) is 10.0 Å². The minimum atomic E-state index is -3.66. The zero-order valence-electron chi connectivity index (χ0n) is 12.6. The molecule has 2 aromatic rings. The third-order valence-electron chi connectivity index (χ3n) is 2.73. The van der Waals surface area contributed by atoms with Gasteiger partial charge in [-0.25, -0.2) is 8.42 Å². The molecule has 0 spiro atoms. The van der Waals surface area contributed by atoms with Gasteiger partial charge in [-0.15, -0.1) is 4.40 Å². The summed E-state index contributed by atoms with van der Waals surface area (Å²) in [6, 6.07) is 9.42. The highest BCUT2D eigenvalue weighted by Crippen LogP contribution is 2.33. The topological polar surface area (TPSA) is 65.0 Å². The summed E-state index contributed by atoms with van der Waals surface area (Å²) in [5.41, 5.74) is 0.271. The number of sulfonamides is 1. The molecule has 128 valence electrons. The summed E-state index contributed by atoms with van der Waals surface area (Å²) in [7, 11) is -2.36. The number of hydrogen-bond donors (Lipinski definition) is 0. The Kier molecular flexibility index (Phi) is 5.98. The van der Waals surface area contributed by atoms with Crippen molar-refractivity contribution in [2.24, 2.45) is 4.40 Å². The Bertz CT molecular complexity index is 898. The predicted octanol–water partition coefficient (Wildman–Crippen LogP) is 4.79. The first kappa shape index (κ1) is 18.9. The number of rotatable bonds is 4. The van der Waals surface area contributed by atoms with Crippen LogP contribution in [0.3, 0.4) is 0 Å². The summed E-state index contributed by atoms with van der Waals surface area (Å²) in [6.07, 6.45) is 0.952. The van der Waals surface area contributed by atoms with Gasteiger partial charge in [-0.05, 0) is 36.4 Å². The Balaban J connectivity index is 2.43. The molecule has 0 aliphatic heterocycles. The number of halogens is 3. The average molecular weight is 409 g/mol. The van der Waals surface area contributed by atoms with E-state index in [1.165, 1.54) is 19.2 Å². The van der Waals surface area contributed by atoms with Crippen LogP contribution in [0.25, 0.3) is 0 Å².